The highest BCUT2D eigenvalue weighted by Crippen LogP contribution is 2.18. The number of hydrogen-bond donors (Lipinski definition) is 1. The summed E-state index contributed by atoms with van der Waals surface area (Å²) in [4.78, 5) is 4.87. The van der Waals surface area contributed by atoms with E-state index in [9.17, 15) is 0 Å². The zero-order valence-electron chi connectivity index (χ0n) is 13.8. The van der Waals surface area contributed by atoms with Crippen LogP contribution in [0.5, 0.6) is 5.75 Å². The summed E-state index contributed by atoms with van der Waals surface area (Å²) in [6.07, 6.45) is 0. The summed E-state index contributed by atoms with van der Waals surface area (Å²) < 4.78 is 5.49. The molecule has 1 aliphatic heterocycles. The quantitative estimate of drug-likeness (QED) is 0.867. The zero-order valence-corrected chi connectivity index (χ0v) is 13.8. The van der Waals surface area contributed by atoms with Crippen LogP contribution in [-0.4, -0.2) is 62.7 Å². The first-order valence-corrected chi connectivity index (χ1v) is 7.95. The van der Waals surface area contributed by atoms with Gasteiger partial charge in [0.15, 0.2) is 0 Å². The van der Waals surface area contributed by atoms with E-state index in [1.807, 2.05) is 6.92 Å². The van der Waals surface area contributed by atoms with Crippen LogP contribution in [0, 0.1) is 0 Å². The number of nitrogens with one attached hydrogen (secondary N) is 1. The van der Waals surface area contributed by atoms with E-state index < -0.39 is 0 Å². The van der Waals surface area contributed by atoms with Crippen LogP contribution in [0.4, 0.5) is 0 Å². The minimum Gasteiger partial charge on any atom is -0.494 e. The molecule has 0 radical (unpaired) electrons. The summed E-state index contributed by atoms with van der Waals surface area (Å²) >= 11 is 0. The number of piperazine rings is 1. The minimum absolute atomic E-state index is 0.362. The monoisotopic (exact) mass is 291 g/mol. The van der Waals surface area contributed by atoms with E-state index in [-0.39, 0.29) is 0 Å². The molecule has 21 heavy (non-hydrogen) atoms. The minimum atomic E-state index is 0.362. The van der Waals surface area contributed by atoms with Gasteiger partial charge in [-0.3, -0.25) is 4.90 Å². The molecule has 2 rings (SSSR count). The molecule has 4 nitrogen and oxygen atoms in total. The lowest BCUT2D eigenvalue weighted by Gasteiger charge is -2.38. The highest BCUT2D eigenvalue weighted by atomic mass is 16.5. The van der Waals surface area contributed by atoms with Crippen LogP contribution in [0.2, 0.25) is 0 Å². The Morgan fingerprint density at radius 3 is 2.62 bits per heavy atom. The van der Waals surface area contributed by atoms with Crippen molar-refractivity contribution in [2.75, 3.05) is 46.9 Å². The van der Waals surface area contributed by atoms with Gasteiger partial charge in [-0.25, -0.2) is 0 Å². The number of likely N-dealkylation sites (N-methyl/N-ethyl adjacent to an activating group) is 2. The molecule has 0 spiro atoms. The third kappa shape index (κ3) is 4.70. The van der Waals surface area contributed by atoms with E-state index in [0.29, 0.717) is 18.7 Å². The third-order valence-electron chi connectivity index (χ3n) is 4.33. The Labute approximate surface area is 129 Å². The Morgan fingerprint density at radius 1 is 1.24 bits per heavy atom. The number of benzene rings is 1. The largest absolute Gasteiger partial charge is 0.494 e. The molecule has 1 saturated heterocycles. The maximum Gasteiger partial charge on any atom is 0.119 e. The fourth-order valence-corrected chi connectivity index (χ4v) is 2.77. The van der Waals surface area contributed by atoms with Gasteiger partial charge in [-0.05, 0) is 45.6 Å². The van der Waals surface area contributed by atoms with E-state index in [2.05, 4.69) is 60.4 Å². The number of rotatable bonds is 6. The van der Waals surface area contributed by atoms with Crippen molar-refractivity contribution in [3.63, 3.8) is 0 Å². The topological polar surface area (TPSA) is 27.7 Å². The van der Waals surface area contributed by atoms with Crippen LogP contribution < -0.4 is 10.1 Å². The first-order valence-electron chi connectivity index (χ1n) is 7.95. The van der Waals surface area contributed by atoms with Crippen molar-refractivity contribution in [2.45, 2.75) is 25.9 Å². The second-order valence-electron chi connectivity index (χ2n) is 6.03. The van der Waals surface area contributed by atoms with E-state index in [4.69, 9.17) is 4.74 Å². The molecule has 0 amide bonds. The van der Waals surface area contributed by atoms with Gasteiger partial charge in [-0.15, -0.1) is 0 Å². The van der Waals surface area contributed by atoms with Crippen LogP contribution >= 0.6 is 0 Å². The number of ether oxygens (including phenoxy) is 1. The molecule has 118 valence electrons. The summed E-state index contributed by atoms with van der Waals surface area (Å²) in [5, 5.41) is 3.66. The molecule has 0 aromatic heterocycles. The second kappa shape index (κ2) is 7.78. The summed E-state index contributed by atoms with van der Waals surface area (Å²) in [7, 11) is 4.43. The van der Waals surface area contributed by atoms with Gasteiger partial charge in [-0.2, -0.15) is 0 Å². The van der Waals surface area contributed by atoms with Gasteiger partial charge in [0.05, 0.1) is 6.61 Å². The van der Waals surface area contributed by atoms with Crippen molar-refractivity contribution in [3.05, 3.63) is 29.8 Å². The molecule has 1 aromatic carbocycles. The van der Waals surface area contributed by atoms with Crippen LogP contribution in [0.1, 0.15) is 25.5 Å². The molecule has 4 heteroatoms. The smallest absolute Gasteiger partial charge is 0.119 e. The van der Waals surface area contributed by atoms with Crippen molar-refractivity contribution in [2.24, 2.45) is 0 Å². The van der Waals surface area contributed by atoms with Crippen molar-refractivity contribution in [3.8, 4) is 5.75 Å². The van der Waals surface area contributed by atoms with Crippen LogP contribution in [0.3, 0.4) is 0 Å². The van der Waals surface area contributed by atoms with Gasteiger partial charge in [0.1, 0.15) is 5.75 Å². The number of hydrogen-bond acceptors (Lipinski definition) is 4. The molecule has 2 unspecified atom stereocenters. The molecular formula is C17H29N3O. The van der Waals surface area contributed by atoms with Crippen LogP contribution in [0.15, 0.2) is 24.3 Å². The number of nitrogens with zero attached hydrogens (tertiary/aromatic N) is 2. The van der Waals surface area contributed by atoms with E-state index in [0.717, 1.165) is 25.4 Å². The van der Waals surface area contributed by atoms with Gasteiger partial charge in [0.2, 0.25) is 0 Å². The van der Waals surface area contributed by atoms with Gasteiger partial charge in [0, 0.05) is 38.3 Å². The Hall–Kier alpha value is -1.10. The lowest BCUT2D eigenvalue weighted by molar-refractivity contribution is 0.112. The maximum absolute atomic E-state index is 5.49. The molecule has 1 fully saturated rings. The maximum atomic E-state index is 5.49. The molecule has 1 aromatic rings. The van der Waals surface area contributed by atoms with Crippen molar-refractivity contribution >= 4 is 0 Å². The predicted molar refractivity (Wildman–Crippen MR) is 87.9 cm³/mol. The van der Waals surface area contributed by atoms with E-state index >= 15 is 0 Å². The van der Waals surface area contributed by atoms with Crippen molar-refractivity contribution < 1.29 is 4.74 Å². The van der Waals surface area contributed by atoms with Gasteiger partial charge < -0.3 is 15.0 Å². The van der Waals surface area contributed by atoms with Gasteiger partial charge in [-0.1, -0.05) is 12.1 Å². The molecule has 1 heterocycles. The lowest BCUT2D eigenvalue weighted by atomic mass is 10.1. The van der Waals surface area contributed by atoms with Crippen molar-refractivity contribution in [1.82, 2.24) is 15.1 Å². The molecular weight excluding hydrogens is 262 g/mol. The fourth-order valence-electron chi connectivity index (χ4n) is 2.77. The molecule has 1 aliphatic rings. The Balaban J connectivity index is 1.84. The lowest BCUT2D eigenvalue weighted by Crippen LogP contribution is -2.53. The van der Waals surface area contributed by atoms with Gasteiger partial charge in [0.25, 0.3) is 0 Å². The second-order valence-corrected chi connectivity index (χ2v) is 6.03. The van der Waals surface area contributed by atoms with E-state index in [1.165, 1.54) is 12.1 Å². The van der Waals surface area contributed by atoms with Crippen LogP contribution in [0.25, 0.3) is 0 Å². The predicted octanol–water partition coefficient (Wildman–Crippen LogP) is 1.98. The fraction of sp³-hybridized carbons (Fsp3) is 0.647. The summed E-state index contributed by atoms with van der Waals surface area (Å²) in [5.41, 5.74) is 1.31. The molecule has 0 aliphatic carbocycles. The highest BCUT2D eigenvalue weighted by Gasteiger charge is 2.22. The molecule has 0 bridgehead atoms. The SMILES string of the molecule is CCOc1ccc(C(C)NCC2CN(C)CCN2C)cc1. The first kappa shape index (κ1) is 16.3. The molecule has 2 atom stereocenters. The Kier molecular flexibility index (Phi) is 6.03. The summed E-state index contributed by atoms with van der Waals surface area (Å²) in [6.45, 7) is 9.43. The zero-order chi connectivity index (χ0) is 15.2. The van der Waals surface area contributed by atoms with Crippen molar-refractivity contribution in [1.29, 1.82) is 0 Å². The van der Waals surface area contributed by atoms with Crippen LogP contribution in [-0.2, 0) is 0 Å². The average molecular weight is 291 g/mol. The molecule has 0 saturated carbocycles. The first-order chi connectivity index (χ1) is 10.1. The third-order valence-corrected chi connectivity index (χ3v) is 4.33. The Bertz CT molecular complexity index is 421. The summed E-state index contributed by atoms with van der Waals surface area (Å²) in [6, 6.07) is 9.36. The van der Waals surface area contributed by atoms with E-state index in [1.54, 1.807) is 0 Å². The van der Waals surface area contributed by atoms with Gasteiger partial charge >= 0.3 is 0 Å². The highest BCUT2D eigenvalue weighted by molar-refractivity contribution is 5.28. The average Bonchev–Trinajstić information content (AvgIpc) is 2.49. The standard InChI is InChI=1S/C17H29N3O/c1-5-21-17-8-6-15(7-9-17)14(2)18-12-16-13-19(3)10-11-20(16)4/h6-9,14,16,18H,5,10-13H2,1-4H3. The normalized spacial score (nSPS) is 22.2. The molecule has 1 N–H and O–H groups in total. The summed E-state index contributed by atoms with van der Waals surface area (Å²) in [5.74, 6) is 0.946. The Morgan fingerprint density at radius 2 is 1.95 bits per heavy atom.